The quantitative estimate of drug-likeness (QED) is 0.378. The standard InChI is InChI=1S/C19H15Cl2N5O2S2/c20-14-3-1-13(2-4-14)12-26-9-7-18(24-26)23-17-6-5-15(11-16(17)21)30(27,28)25-19-22-8-10-29-19/h1-11H,12H2,(H,22,25)(H,23,24). The van der Waals surface area contributed by atoms with Crippen molar-refractivity contribution in [1.82, 2.24) is 14.8 Å². The number of sulfonamides is 1. The Kier molecular flexibility index (Phi) is 5.96. The Morgan fingerprint density at radius 3 is 2.57 bits per heavy atom. The molecular weight excluding hydrogens is 465 g/mol. The fourth-order valence-electron chi connectivity index (χ4n) is 2.64. The molecule has 30 heavy (non-hydrogen) atoms. The second-order valence-corrected chi connectivity index (χ2v) is 9.66. The van der Waals surface area contributed by atoms with Crippen LogP contribution in [0.5, 0.6) is 0 Å². The van der Waals surface area contributed by atoms with E-state index in [9.17, 15) is 8.42 Å². The molecule has 2 heterocycles. The highest BCUT2D eigenvalue weighted by Gasteiger charge is 2.17. The van der Waals surface area contributed by atoms with Crippen molar-refractivity contribution in [1.29, 1.82) is 0 Å². The molecule has 11 heteroatoms. The normalized spacial score (nSPS) is 11.4. The Hall–Kier alpha value is -2.59. The lowest BCUT2D eigenvalue weighted by Crippen LogP contribution is -2.12. The smallest absolute Gasteiger partial charge is 0.263 e. The SMILES string of the molecule is O=S(=O)(Nc1nccs1)c1ccc(Nc2ccn(Cc3ccc(Cl)cc3)n2)c(Cl)c1. The van der Waals surface area contributed by atoms with Crippen molar-refractivity contribution in [3.63, 3.8) is 0 Å². The van der Waals surface area contributed by atoms with Crippen LogP contribution in [0.2, 0.25) is 10.0 Å². The fourth-order valence-corrected chi connectivity index (χ4v) is 4.88. The van der Waals surface area contributed by atoms with Crippen molar-refractivity contribution >= 4 is 61.2 Å². The second-order valence-electron chi connectivity index (χ2n) is 6.23. The molecule has 4 aromatic rings. The lowest BCUT2D eigenvalue weighted by Gasteiger charge is -2.09. The topological polar surface area (TPSA) is 88.9 Å². The van der Waals surface area contributed by atoms with Crippen LogP contribution < -0.4 is 10.0 Å². The van der Waals surface area contributed by atoms with Gasteiger partial charge in [0.2, 0.25) is 0 Å². The van der Waals surface area contributed by atoms with Crippen molar-refractivity contribution in [2.24, 2.45) is 0 Å². The zero-order valence-corrected chi connectivity index (χ0v) is 18.4. The van der Waals surface area contributed by atoms with Gasteiger partial charge in [-0.2, -0.15) is 5.10 Å². The minimum absolute atomic E-state index is 0.0431. The zero-order chi connectivity index (χ0) is 21.1. The van der Waals surface area contributed by atoms with E-state index < -0.39 is 10.0 Å². The van der Waals surface area contributed by atoms with Gasteiger partial charge in [-0.15, -0.1) is 11.3 Å². The molecule has 4 rings (SSSR count). The molecule has 0 aliphatic heterocycles. The molecule has 2 aromatic carbocycles. The Morgan fingerprint density at radius 1 is 1.07 bits per heavy atom. The van der Waals surface area contributed by atoms with Gasteiger partial charge in [0, 0.05) is 28.9 Å². The van der Waals surface area contributed by atoms with Crippen LogP contribution in [0.4, 0.5) is 16.6 Å². The van der Waals surface area contributed by atoms with Crippen LogP contribution >= 0.6 is 34.5 Å². The van der Waals surface area contributed by atoms with E-state index in [4.69, 9.17) is 23.2 Å². The lowest BCUT2D eigenvalue weighted by atomic mass is 10.2. The summed E-state index contributed by atoms with van der Waals surface area (Å²) in [5, 5.41) is 10.5. The molecule has 0 fully saturated rings. The number of halogens is 2. The van der Waals surface area contributed by atoms with Crippen LogP contribution in [-0.2, 0) is 16.6 Å². The van der Waals surface area contributed by atoms with Gasteiger partial charge >= 0.3 is 0 Å². The molecule has 0 saturated carbocycles. The van der Waals surface area contributed by atoms with Gasteiger partial charge in [0.05, 0.1) is 22.2 Å². The molecule has 0 atom stereocenters. The first kappa shape index (κ1) is 20.7. The molecule has 0 spiro atoms. The molecule has 0 radical (unpaired) electrons. The Labute approximate surface area is 187 Å². The van der Waals surface area contributed by atoms with E-state index in [0.717, 1.165) is 5.56 Å². The van der Waals surface area contributed by atoms with Crippen LogP contribution in [0.25, 0.3) is 0 Å². The highest BCUT2D eigenvalue weighted by Crippen LogP contribution is 2.28. The maximum absolute atomic E-state index is 12.5. The number of hydrogen-bond acceptors (Lipinski definition) is 6. The van der Waals surface area contributed by atoms with E-state index >= 15 is 0 Å². The minimum atomic E-state index is -3.77. The summed E-state index contributed by atoms with van der Waals surface area (Å²) in [6.45, 7) is 0.589. The summed E-state index contributed by atoms with van der Waals surface area (Å²) >= 11 is 13.4. The fraction of sp³-hybridized carbons (Fsp3) is 0.0526. The molecule has 0 unspecified atom stereocenters. The third-order valence-electron chi connectivity index (χ3n) is 4.07. The Morgan fingerprint density at radius 2 is 1.87 bits per heavy atom. The van der Waals surface area contributed by atoms with E-state index in [1.807, 2.05) is 30.5 Å². The van der Waals surface area contributed by atoms with Gasteiger partial charge in [-0.1, -0.05) is 35.3 Å². The summed E-state index contributed by atoms with van der Waals surface area (Å²) in [7, 11) is -3.77. The van der Waals surface area contributed by atoms with Crippen LogP contribution in [0.1, 0.15) is 5.56 Å². The number of aromatic nitrogens is 3. The van der Waals surface area contributed by atoms with Crippen LogP contribution in [0, 0.1) is 0 Å². The van der Waals surface area contributed by atoms with Crippen molar-refractivity contribution in [2.75, 3.05) is 10.0 Å². The molecule has 2 N–H and O–H groups in total. The van der Waals surface area contributed by atoms with E-state index in [2.05, 4.69) is 20.1 Å². The number of rotatable bonds is 7. The number of benzene rings is 2. The molecule has 0 aliphatic rings. The zero-order valence-electron chi connectivity index (χ0n) is 15.3. The molecule has 0 aliphatic carbocycles. The van der Waals surface area contributed by atoms with Crippen LogP contribution in [0.3, 0.4) is 0 Å². The summed E-state index contributed by atoms with van der Waals surface area (Å²) < 4.78 is 29.1. The third kappa shape index (κ3) is 4.93. The number of thiazole rings is 1. The van der Waals surface area contributed by atoms with E-state index in [-0.39, 0.29) is 9.92 Å². The average Bonchev–Trinajstić information content (AvgIpc) is 3.37. The van der Waals surface area contributed by atoms with Crippen molar-refractivity contribution in [2.45, 2.75) is 11.4 Å². The number of anilines is 3. The first-order valence-electron chi connectivity index (χ1n) is 8.66. The predicted octanol–water partition coefficient (Wildman–Crippen LogP) is 5.24. The van der Waals surface area contributed by atoms with E-state index in [0.29, 0.717) is 28.2 Å². The minimum Gasteiger partial charge on any atom is -0.338 e. The summed E-state index contributed by atoms with van der Waals surface area (Å²) in [5.74, 6) is 0.586. The number of nitrogens with zero attached hydrogens (tertiary/aromatic N) is 3. The van der Waals surface area contributed by atoms with E-state index in [1.165, 1.54) is 29.7 Å². The third-order valence-corrected chi connectivity index (χ3v) is 6.79. The van der Waals surface area contributed by atoms with Gasteiger partial charge in [0.15, 0.2) is 10.9 Å². The first-order valence-corrected chi connectivity index (χ1v) is 11.8. The molecule has 7 nitrogen and oxygen atoms in total. The predicted molar refractivity (Wildman–Crippen MR) is 120 cm³/mol. The second kappa shape index (κ2) is 8.65. The first-order chi connectivity index (χ1) is 14.4. The highest BCUT2D eigenvalue weighted by atomic mass is 35.5. The number of hydrogen-bond donors (Lipinski definition) is 2. The Balaban J connectivity index is 1.46. The maximum Gasteiger partial charge on any atom is 0.263 e. The molecule has 2 aromatic heterocycles. The van der Waals surface area contributed by atoms with Gasteiger partial charge in [-0.05, 0) is 35.9 Å². The van der Waals surface area contributed by atoms with Gasteiger partial charge in [0.1, 0.15) is 0 Å². The molecular formula is C19H15Cl2N5O2S2. The Bertz CT molecular complexity index is 1260. The number of nitrogens with one attached hydrogen (secondary N) is 2. The van der Waals surface area contributed by atoms with Gasteiger partial charge in [-0.25, -0.2) is 13.4 Å². The average molecular weight is 480 g/mol. The molecule has 154 valence electrons. The van der Waals surface area contributed by atoms with E-state index in [1.54, 1.807) is 22.2 Å². The summed E-state index contributed by atoms with van der Waals surface area (Å²) in [5.41, 5.74) is 1.61. The largest absolute Gasteiger partial charge is 0.338 e. The van der Waals surface area contributed by atoms with Crippen molar-refractivity contribution in [3.8, 4) is 0 Å². The summed E-state index contributed by atoms with van der Waals surface area (Å²) in [6.07, 6.45) is 3.36. The summed E-state index contributed by atoms with van der Waals surface area (Å²) in [4.78, 5) is 3.97. The molecule has 0 bridgehead atoms. The van der Waals surface area contributed by atoms with Gasteiger partial charge < -0.3 is 5.32 Å². The van der Waals surface area contributed by atoms with Gasteiger partial charge in [0.25, 0.3) is 10.0 Å². The summed E-state index contributed by atoms with van der Waals surface area (Å²) in [6, 6.07) is 13.8. The lowest BCUT2D eigenvalue weighted by molar-refractivity contribution is 0.601. The maximum atomic E-state index is 12.5. The van der Waals surface area contributed by atoms with Crippen LogP contribution in [-0.4, -0.2) is 23.2 Å². The van der Waals surface area contributed by atoms with Gasteiger partial charge in [-0.3, -0.25) is 9.40 Å². The molecule has 0 amide bonds. The molecule has 0 saturated heterocycles. The van der Waals surface area contributed by atoms with Crippen molar-refractivity contribution < 1.29 is 8.42 Å². The highest BCUT2D eigenvalue weighted by molar-refractivity contribution is 7.93. The van der Waals surface area contributed by atoms with Crippen molar-refractivity contribution in [3.05, 3.63) is 81.9 Å². The van der Waals surface area contributed by atoms with Crippen LogP contribution in [0.15, 0.2) is 71.2 Å². The monoisotopic (exact) mass is 479 g/mol.